The number of nitrogens with one attached hydrogen (secondary N) is 1. The smallest absolute Gasteiger partial charge is 0.266 e. The summed E-state index contributed by atoms with van der Waals surface area (Å²) in [5.41, 5.74) is 0.990. The second-order valence-corrected chi connectivity index (χ2v) is 7.60. The van der Waals surface area contributed by atoms with Gasteiger partial charge in [0.2, 0.25) is 0 Å². The molecule has 10 heteroatoms. The number of pyridine rings is 1. The molecule has 1 fully saturated rings. The lowest BCUT2D eigenvalue weighted by Crippen LogP contribution is -2.27. The first-order valence-corrected chi connectivity index (χ1v) is 9.86. The first-order valence-electron chi connectivity index (χ1n) is 9.86. The summed E-state index contributed by atoms with van der Waals surface area (Å²) in [5.74, 6) is -1.96. The van der Waals surface area contributed by atoms with Gasteiger partial charge in [-0.05, 0) is 12.1 Å². The van der Waals surface area contributed by atoms with E-state index >= 15 is 0 Å². The van der Waals surface area contributed by atoms with Crippen molar-refractivity contribution in [3.63, 3.8) is 0 Å². The van der Waals surface area contributed by atoms with Crippen LogP contribution in [-0.4, -0.2) is 49.8 Å². The molecule has 3 aromatic rings. The second kappa shape index (κ2) is 8.29. The zero-order valence-electron chi connectivity index (χ0n) is 17.1. The van der Waals surface area contributed by atoms with E-state index in [9.17, 15) is 13.6 Å². The molecule has 0 unspecified atom stereocenters. The predicted octanol–water partition coefficient (Wildman–Crippen LogP) is 3.55. The Hall–Kier alpha value is -3.56. The number of nitrogens with zero attached hydrogens (tertiary/aromatic N) is 6. The van der Waals surface area contributed by atoms with Crippen molar-refractivity contribution in [3.05, 3.63) is 54.5 Å². The van der Waals surface area contributed by atoms with Gasteiger partial charge in [-0.25, -0.2) is 33.7 Å². The molecule has 1 aliphatic rings. The molecular formula is C21H21F2N7O. The highest BCUT2D eigenvalue weighted by molar-refractivity contribution is 6.07. The largest absolute Gasteiger partial charge is 0.349 e. The van der Waals surface area contributed by atoms with Crippen LogP contribution >= 0.6 is 0 Å². The quantitative estimate of drug-likeness (QED) is 0.668. The van der Waals surface area contributed by atoms with Crippen LogP contribution in [0.25, 0.3) is 11.4 Å². The molecule has 0 atom stereocenters. The third kappa shape index (κ3) is 4.47. The lowest BCUT2D eigenvalue weighted by Gasteiger charge is -2.22. The van der Waals surface area contributed by atoms with E-state index in [4.69, 9.17) is 0 Å². The van der Waals surface area contributed by atoms with E-state index in [0.29, 0.717) is 17.2 Å². The maximum atomic E-state index is 13.9. The number of anilines is 2. The van der Waals surface area contributed by atoms with Crippen LogP contribution < -0.4 is 10.2 Å². The number of aromatic nitrogens is 5. The molecule has 0 saturated carbocycles. The van der Waals surface area contributed by atoms with Crippen molar-refractivity contribution in [2.45, 2.75) is 32.1 Å². The van der Waals surface area contributed by atoms with E-state index in [1.807, 2.05) is 13.8 Å². The molecule has 0 aromatic carbocycles. The lowest BCUT2D eigenvalue weighted by molar-refractivity contribution is 0.0257. The van der Waals surface area contributed by atoms with Gasteiger partial charge in [0, 0.05) is 55.4 Å². The third-order valence-electron chi connectivity index (χ3n) is 4.90. The molecule has 1 saturated heterocycles. The summed E-state index contributed by atoms with van der Waals surface area (Å²) in [6.45, 7) is 3.55. The van der Waals surface area contributed by atoms with Crippen LogP contribution in [0, 0.1) is 0 Å². The Kier molecular flexibility index (Phi) is 5.53. The molecule has 31 heavy (non-hydrogen) atoms. The number of carbonyl (C=O) groups excluding carboxylic acids is 1. The summed E-state index contributed by atoms with van der Waals surface area (Å²) >= 11 is 0. The number of hydrogen-bond acceptors (Lipinski definition) is 7. The van der Waals surface area contributed by atoms with Gasteiger partial charge in [0.15, 0.2) is 11.6 Å². The Balaban J connectivity index is 1.72. The standard InChI is InChI=1S/C21H21F2N7O/c1-13(2)17-27-10-14(11-28-17)20(31)29-16-15(18-24-6-3-7-25-18)4-8-26-19(16)30-9-5-21(22,23)12-30/h3-4,6-8,10-11,13H,5,9,12H2,1-2H3,(H,29,31). The average Bonchev–Trinajstić information content (AvgIpc) is 3.14. The number of rotatable bonds is 5. The molecule has 0 spiro atoms. The van der Waals surface area contributed by atoms with Gasteiger partial charge in [0.05, 0.1) is 17.8 Å². The first-order chi connectivity index (χ1) is 14.8. The zero-order valence-corrected chi connectivity index (χ0v) is 17.1. The van der Waals surface area contributed by atoms with Gasteiger partial charge in [0.1, 0.15) is 5.82 Å². The molecule has 1 N–H and O–H groups in total. The average molecular weight is 425 g/mol. The van der Waals surface area contributed by atoms with Gasteiger partial charge < -0.3 is 10.2 Å². The lowest BCUT2D eigenvalue weighted by atomic mass is 10.1. The van der Waals surface area contributed by atoms with E-state index in [1.165, 1.54) is 23.5 Å². The van der Waals surface area contributed by atoms with Crippen molar-refractivity contribution in [1.29, 1.82) is 0 Å². The number of hydrogen-bond donors (Lipinski definition) is 1. The third-order valence-corrected chi connectivity index (χ3v) is 4.90. The van der Waals surface area contributed by atoms with E-state index in [-0.39, 0.29) is 36.0 Å². The summed E-state index contributed by atoms with van der Waals surface area (Å²) in [7, 11) is 0. The molecule has 1 aliphatic heterocycles. The highest BCUT2D eigenvalue weighted by Gasteiger charge is 2.40. The fourth-order valence-electron chi connectivity index (χ4n) is 3.29. The van der Waals surface area contributed by atoms with Crippen LogP contribution in [0.3, 0.4) is 0 Å². The SMILES string of the molecule is CC(C)c1ncc(C(=O)Nc2c(-c3ncccn3)ccnc2N2CCC(F)(F)C2)cn1. The molecule has 4 rings (SSSR count). The number of carbonyl (C=O) groups is 1. The van der Waals surface area contributed by atoms with Crippen molar-refractivity contribution in [3.8, 4) is 11.4 Å². The van der Waals surface area contributed by atoms with Crippen LogP contribution in [-0.2, 0) is 0 Å². The van der Waals surface area contributed by atoms with Crippen molar-refractivity contribution in [2.75, 3.05) is 23.3 Å². The van der Waals surface area contributed by atoms with Crippen molar-refractivity contribution in [2.24, 2.45) is 0 Å². The molecular weight excluding hydrogens is 404 g/mol. The molecule has 8 nitrogen and oxygen atoms in total. The summed E-state index contributed by atoms with van der Waals surface area (Å²) in [5, 5.41) is 2.80. The van der Waals surface area contributed by atoms with E-state index in [2.05, 4.69) is 30.2 Å². The van der Waals surface area contributed by atoms with Gasteiger partial charge in [-0.15, -0.1) is 0 Å². The molecule has 0 aliphatic carbocycles. The van der Waals surface area contributed by atoms with Gasteiger partial charge >= 0.3 is 0 Å². The van der Waals surface area contributed by atoms with E-state index in [1.54, 1.807) is 24.5 Å². The normalized spacial score (nSPS) is 15.3. The maximum absolute atomic E-state index is 13.9. The Morgan fingerprint density at radius 2 is 1.81 bits per heavy atom. The minimum atomic E-state index is -2.82. The monoisotopic (exact) mass is 425 g/mol. The van der Waals surface area contributed by atoms with E-state index < -0.39 is 18.4 Å². The minimum Gasteiger partial charge on any atom is -0.349 e. The fourth-order valence-corrected chi connectivity index (χ4v) is 3.29. The fraction of sp³-hybridized carbons (Fsp3) is 0.333. The molecule has 160 valence electrons. The topological polar surface area (TPSA) is 96.8 Å². The summed E-state index contributed by atoms with van der Waals surface area (Å²) in [6.07, 6.45) is 7.23. The van der Waals surface area contributed by atoms with Crippen molar-refractivity contribution >= 4 is 17.4 Å². The Labute approximate surface area is 177 Å². The van der Waals surface area contributed by atoms with Crippen molar-refractivity contribution < 1.29 is 13.6 Å². The number of alkyl halides is 2. The van der Waals surface area contributed by atoms with Crippen LogP contribution in [0.4, 0.5) is 20.3 Å². The Bertz CT molecular complexity index is 1070. The molecule has 3 aromatic heterocycles. The molecule has 0 radical (unpaired) electrons. The zero-order chi connectivity index (χ0) is 22.0. The first kappa shape index (κ1) is 20.7. The van der Waals surface area contributed by atoms with Crippen LogP contribution in [0.15, 0.2) is 43.1 Å². The summed E-state index contributed by atoms with van der Waals surface area (Å²) in [6, 6.07) is 3.31. The predicted molar refractivity (Wildman–Crippen MR) is 111 cm³/mol. The summed E-state index contributed by atoms with van der Waals surface area (Å²) in [4.78, 5) is 35.6. The van der Waals surface area contributed by atoms with Crippen molar-refractivity contribution in [1.82, 2.24) is 24.9 Å². The second-order valence-electron chi connectivity index (χ2n) is 7.60. The molecule has 1 amide bonds. The van der Waals surface area contributed by atoms with E-state index in [0.717, 1.165) is 0 Å². The maximum Gasteiger partial charge on any atom is 0.266 e. The van der Waals surface area contributed by atoms with Crippen LogP contribution in [0.1, 0.15) is 42.4 Å². The highest BCUT2D eigenvalue weighted by atomic mass is 19.3. The molecule has 0 bridgehead atoms. The Morgan fingerprint density at radius 3 is 2.42 bits per heavy atom. The number of amides is 1. The number of halogens is 2. The van der Waals surface area contributed by atoms with Gasteiger partial charge in [-0.2, -0.15) is 0 Å². The molecule has 4 heterocycles. The minimum absolute atomic E-state index is 0.119. The summed E-state index contributed by atoms with van der Waals surface area (Å²) < 4.78 is 27.7. The van der Waals surface area contributed by atoms with Gasteiger partial charge in [0.25, 0.3) is 11.8 Å². The highest BCUT2D eigenvalue weighted by Crippen LogP contribution is 2.38. The van der Waals surface area contributed by atoms with Crippen LogP contribution in [0.5, 0.6) is 0 Å². The van der Waals surface area contributed by atoms with Gasteiger partial charge in [-0.3, -0.25) is 4.79 Å². The van der Waals surface area contributed by atoms with Crippen LogP contribution in [0.2, 0.25) is 0 Å². The van der Waals surface area contributed by atoms with Gasteiger partial charge in [-0.1, -0.05) is 13.8 Å². The Morgan fingerprint density at radius 1 is 1.10 bits per heavy atom.